The molecule has 0 aliphatic heterocycles. The van der Waals surface area contributed by atoms with Gasteiger partial charge in [-0.25, -0.2) is 9.78 Å². The van der Waals surface area contributed by atoms with E-state index in [0.717, 1.165) is 0 Å². The van der Waals surface area contributed by atoms with Gasteiger partial charge in [-0.3, -0.25) is 4.79 Å². The molecule has 1 aromatic carbocycles. The number of nitrogen functional groups attached to an aromatic ring is 1. The molecule has 0 unspecified atom stereocenters. The van der Waals surface area contributed by atoms with E-state index in [1.165, 1.54) is 30.7 Å². The number of carbonyl (C=O) groups is 2. The molecule has 0 aliphatic carbocycles. The summed E-state index contributed by atoms with van der Waals surface area (Å²) in [5.41, 5.74) is 6.25. The van der Waals surface area contributed by atoms with Crippen LogP contribution in [0, 0.1) is 0 Å². The number of carbonyl (C=O) groups excluding carboxylic acids is 1. The molecule has 98 valence electrons. The maximum absolute atomic E-state index is 11.9. The lowest BCUT2D eigenvalue weighted by atomic mass is 10.1. The number of imidazole rings is 1. The minimum absolute atomic E-state index is 0.0292. The van der Waals surface area contributed by atoms with Crippen LogP contribution in [0.25, 0.3) is 0 Å². The fraction of sp³-hybridized carbons (Fsp3) is 0.0833. The number of nitrogens with one attached hydrogen (secondary N) is 1. The van der Waals surface area contributed by atoms with Crippen molar-refractivity contribution in [1.29, 1.82) is 0 Å². The number of amides is 1. The summed E-state index contributed by atoms with van der Waals surface area (Å²) < 4.78 is 1.62. The number of rotatable bonds is 3. The molecule has 0 saturated heterocycles. The average molecular weight is 260 g/mol. The summed E-state index contributed by atoms with van der Waals surface area (Å²) in [6.07, 6.45) is 3.01. The first-order valence-corrected chi connectivity index (χ1v) is 5.39. The molecule has 1 amide bonds. The number of carboxylic acids is 1. The molecular weight excluding hydrogens is 248 g/mol. The van der Waals surface area contributed by atoms with Crippen molar-refractivity contribution in [1.82, 2.24) is 9.55 Å². The highest BCUT2D eigenvalue weighted by Crippen LogP contribution is 2.20. The SMILES string of the molecule is Cn1cnc(C(=O)Nc2cc(N)ccc2C(=O)O)c1. The summed E-state index contributed by atoms with van der Waals surface area (Å²) in [6, 6.07) is 4.19. The van der Waals surface area contributed by atoms with Gasteiger partial charge in [-0.15, -0.1) is 0 Å². The Bertz CT molecular complexity index is 648. The minimum Gasteiger partial charge on any atom is -0.478 e. The highest BCUT2D eigenvalue weighted by Gasteiger charge is 2.15. The number of benzene rings is 1. The molecule has 0 atom stereocenters. The molecular formula is C12H12N4O3. The molecule has 0 aliphatic rings. The molecule has 0 radical (unpaired) electrons. The number of anilines is 2. The van der Waals surface area contributed by atoms with Crippen LogP contribution in [0.5, 0.6) is 0 Å². The highest BCUT2D eigenvalue weighted by molar-refractivity contribution is 6.07. The van der Waals surface area contributed by atoms with Gasteiger partial charge in [-0.2, -0.15) is 0 Å². The molecule has 0 bridgehead atoms. The number of hydrogen-bond donors (Lipinski definition) is 3. The standard InChI is InChI=1S/C12H12N4O3/c1-16-5-10(14-6-16)11(17)15-9-4-7(13)2-3-8(9)12(18)19/h2-6H,13H2,1H3,(H,15,17)(H,18,19). The third-order valence-electron chi connectivity index (χ3n) is 2.46. The lowest BCUT2D eigenvalue weighted by Gasteiger charge is -2.08. The quantitative estimate of drug-likeness (QED) is 0.712. The Morgan fingerprint density at radius 3 is 2.74 bits per heavy atom. The molecule has 0 saturated carbocycles. The largest absolute Gasteiger partial charge is 0.478 e. The van der Waals surface area contributed by atoms with Crippen molar-refractivity contribution < 1.29 is 14.7 Å². The molecule has 0 fully saturated rings. The Labute approximate surface area is 108 Å². The molecule has 1 aromatic heterocycles. The summed E-state index contributed by atoms with van der Waals surface area (Å²) in [4.78, 5) is 26.8. The molecule has 7 nitrogen and oxygen atoms in total. The number of aryl methyl sites for hydroxylation is 1. The zero-order chi connectivity index (χ0) is 14.0. The van der Waals surface area contributed by atoms with E-state index in [-0.39, 0.29) is 16.9 Å². The van der Waals surface area contributed by atoms with Crippen LogP contribution in [0.2, 0.25) is 0 Å². The molecule has 2 rings (SSSR count). The van der Waals surface area contributed by atoms with E-state index in [9.17, 15) is 9.59 Å². The number of aromatic carboxylic acids is 1. The van der Waals surface area contributed by atoms with Crippen LogP contribution in [-0.2, 0) is 7.05 Å². The lowest BCUT2D eigenvalue weighted by Crippen LogP contribution is -2.15. The normalized spacial score (nSPS) is 10.2. The second kappa shape index (κ2) is 4.81. The fourth-order valence-electron chi connectivity index (χ4n) is 1.57. The first-order chi connectivity index (χ1) is 8.97. The van der Waals surface area contributed by atoms with Gasteiger partial charge >= 0.3 is 5.97 Å². The van der Waals surface area contributed by atoms with Crippen molar-refractivity contribution in [2.75, 3.05) is 11.1 Å². The first-order valence-electron chi connectivity index (χ1n) is 5.39. The van der Waals surface area contributed by atoms with Gasteiger partial charge in [0.25, 0.3) is 5.91 Å². The number of nitrogens with two attached hydrogens (primary N) is 1. The van der Waals surface area contributed by atoms with Crippen molar-refractivity contribution in [3.05, 3.63) is 42.0 Å². The van der Waals surface area contributed by atoms with Gasteiger partial charge in [-0.1, -0.05) is 0 Å². The second-order valence-electron chi connectivity index (χ2n) is 3.99. The van der Waals surface area contributed by atoms with Crippen LogP contribution >= 0.6 is 0 Å². The first kappa shape index (κ1) is 12.6. The minimum atomic E-state index is -1.14. The Balaban J connectivity index is 2.30. The van der Waals surface area contributed by atoms with Gasteiger partial charge < -0.3 is 20.7 Å². The van der Waals surface area contributed by atoms with E-state index < -0.39 is 11.9 Å². The highest BCUT2D eigenvalue weighted by atomic mass is 16.4. The Kier molecular flexibility index (Phi) is 3.19. The number of hydrogen-bond acceptors (Lipinski definition) is 4. The maximum Gasteiger partial charge on any atom is 0.337 e. The van der Waals surface area contributed by atoms with Crippen LogP contribution in [-0.4, -0.2) is 26.5 Å². The van der Waals surface area contributed by atoms with E-state index in [0.29, 0.717) is 5.69 Å². The van der Waals surface area contributed by atoms with Crippen molar-refractivity contribution in [2.24, 2.45) is 7.05 Å². The van der Waals surface area contributed by atoms with Gasteiger partial charge in [0.2, 0.25) is 0 Å². The molecule has 4 N–H and O–H groups in total. The summed E-state index contributed by atoms with van der Waals surface area (Å²) in [7, 11) is 1.73. The summed E-state index contributed by atoms with van der Waals surface area (Å²) >= 11 is 0. The van der Waals surface area contributed by atoms with E-state index >= 15 is 0 Å². The Hall–Kier alpha value is -2.83. The molecule has 0 spiro atoms. The molecule has 7 heteroatoms. The van der Waals surface area contributed by atoms with Crippen LogP contribution in [0.4, 0.5) is 11.4 Å². The summed E-state index contributed by atoms with van der Waals surface area (Å²) in [5.74, 6) is -1.63. The van der Waals surface area contributed by atoms with Crippen LogP contribution < -0.4 is 11.1 Å². The zero-order valence-electron chi connectivity index (χ0n) is 10.1. The van der Waals surface area contributed by atoms with Crippen molar-refractivity contribution in [3.63, 3.8) is 0 Å². The van der Waals surface area contributed by atoms with Crippen molar-refractivity contribution in [3.8, 4) is 0 Å². The molecule has 2 aromatic rings. The number of aromatic nitrogens is 2. The third kappa shape index (κ3) is 2.71. The molecule has 1 heterocycles. The maximum atomic E-state index is 11.9. The fourth-order valence-corrected chi connectivity index (χ4v) is 1.57. The Morgan fingerprint density at radius 1 is 1.42 bits per heavy atom. The smallest absolute Gasteiger partial charge is 0.337 e. The molecule has 19 heavy (non-hydrogen) atoms. The lowest BCUT2D eigenvalue weighted by molar-refractivity contribution is 0.0698. The monoisotopic (exact) mass is 260 g/mol. The zero-order valence-corrected chi connectivity index (χ0v) is 10.1. The second-order valence-corrected chi connectivity index (χ2v) is 3.99. The van der Waals surface area contributed by atoms with Gasteiger partial charge in [0.15, 0.2) is 0 Å². The number of nitrogens with zero attached hydrogens (tertiary/aromatic N) is 2. The average Bonchev–Trinajstić information content (AvgIpc) is 2.75. The van der Waals surface area contributed by atoms with E-state index in [4.69, 9.17) is 10.8 Å². The predicted octanol–water partition coefficient (Wildman–Crippen LogP) is 0.953. The summed E-state index contributed by atoms with van der Waals surface area (Å²) in [6.45, 7) is 0. The van der Waals surface area contributed by atoms with Gasteiger partial charge in [-0.05, 0) is 18.2 Å². The van der Waals surface area contributed by atoms with E-state index in [2.05, 4.69) is 10.3 Å². The topological polar surface area (TPSA) is 110 Å². The predicted molar refractivity (Wildman–Crippen MR) is 69.0 cm³/mol. The van der Waals surface area contributed by atoms with Gasteiger partial charge in [0, 0.05) is 18.9 Å². The van der Waals surface area contributed by atoms with E-state index in [1.807, 2.05) is 0 Å². The van der Waals surface area contributed by atoms with E-state index in [1.54, 1.807) is 11.6 Å². The number of carboxylic acid groups (broad SMARTS) is 1. The van der Waals surface area contributed by atoms with Crippen LogP contribution in [0.1, 0.15) is 20.8 Å². The van der Waals surface area contributed by atoms with Crippen LogP contribution in [0.15, 0.2) is 30.7 Å². The van der Waals surface area contributed by atoms with Crippen LogP contribution in [0.3, 0.4) is 0 Å². The third-order valence-corrected chi connectivity index (χ3v) is 2.46. The summed E-state index contributed by atoms with van der Waals surface area (Å²) in [5, 5.41) is 11.5. The van der Waals surface area contributed by atoms with Crippen molar-refractivity contribution in [2.45, 2.75) is 0 Å². The van der Waals surface area contributed by atoms with Crippen molar-refractivity contribution >= 4 is 23.3 Å². The van der Waals surface area contributed by atoms with Gasteiger partial charge in [0.05, 0.1) is 17.6 Å². The Morgan fingerprint density at radius 2 is 2.16 bits per heavy atom. The van der Waals surface area contributed by atoms with Gasteiger partial charge in [0.1, 0.15) is 5.69 Å².